The van der Waals surface area contributed by atoms with Gasteiger partial charge in [0.05, 0.1) is 0 Å². The number of aliphatic imine (C=N–C) groups is 1. The topological polar surface area (TPSA) is 84.0 Å². The lowest BCUT2D eigenvalue weighted by Gasteiger charge is -2.42. The molecule has 0 saturated heterocycles. The van der Waals surface area contributed by atoms with Gasteiger partial charge in [0.1, 0.15) is 5.75 Å². The summed E-state index contributed by atoms with van der Waals surface area (Å²) < 4.78 is 10.9. The van der Waals surface area contributed by atoms with Crippen LogP contribution in [0.2, 0.25) is 0 Å². The number of carbonyl (C=O) groups excluding carboxylic acids is 1. The van der Waals surface area contributed by atoms with Crippen LogP contribution in [0.1, 0.15) is 44.1 Å². The molecule has 0 atom stereocenters. The van der Waals surface area contributed by atoms with Crippen molar-refractivity contribution in [1.82, 2.24) is 16.0 Å². The van der Waals surface area contributed by atoms with Gasteiger partial charge in [0.2, 0.25) is 0 Å². The molecule has 1 aromatic carbocycles. The smallest absolute Gasteiger partial charge is 0.258 e. The van der Waals surface area contributed by atoms with E-state index in [1.54, 1.807) is 14.2 Å². The van der Waals surface area contributed by atoms with Crippen LogP contribution < -0.4 is 20.7 Å². The minimum Gasteiger partial charge on any atom is -0.484 e. The zero-order valence-electron chi connectivity index (χ0n) is 18.0. The van der Waals surface area contributed by atoms with Gasteiger partial charge in [-0.25, -0.2) is 0 Å². The Hall–Kier alpha value is -1.55. The standard InChI is InChI=1S/C22H34N4O3.HI/c1-23-21(25-16-22(9-4-10-22)11-12-28-2)24-14-17-5-3-6-19(13-17)29-15-20(27)26-18-7-8-18;/h3,5-6,13,18H,4,7-12,14-16H2,1-2H3,(H,26,27)(H2,23,24,25);1H. The molecule has 2 aliphatic rings. The summed E-state index contributed by atoms with van der Waals surface area (Å²) in [6.45, 7) is 2.41. The Morgan fingerprint density at radius 3 is 2.70 bits per heavy atom. The monoisotopic (exact) mass is 530 g/mol. The summed E-state index contributed by atoms with van der Waals surface area (Å²) in [6.07, 6.45) is 7.03. The summed E-state index contributed by atoms with van der Waals surface area (Å²) in [5, 5.41) is 9.76. The predicted octanol–water partition coefficient (Wildman–Crippen LogP) is 2.83. The second kappa shape index (κ2) is 12.3. The number of halogens is 1. The molecular weight excluding hydrogens is 495 g/mol. The number of benzene rings is 1. The Labute approximate surface area is 196 Å². The normalized spacial score (nSPS) is 17.3. The summed E-state index contributed by atoms with van der Waals surface area (Å²) in [5.74, 6) is 1.44. The highest BCUT2D eigenvalue weighted by molar-refractivity contribution is 14.0. The van der Waals surface area contributed by atoms with Gasteiger partial charge in [-0.3, -0.25) is 9.79 Å². The zero-order valence-corrected chi connectivity index (χ0v) is 20.4. The molecule has 1 amide bonds. The number of nitrogens with zero attached hydrogens (tertiary/aromatic N) is 1. The van der Waals surface area contributed by atoms with Gasteiger partial charge in [0, 0.05) is 39.9 Å². The second-order valence-electron chi connectivity index (χ2n) is 8.15. The third-order valence-corrected chi connectivity index (χ3v) is 5.78. The van der Waals surface area contributed by atoms with E-state index in [0.29, 0.717) is 23.8 Å². The molecule has 2 fully saturated rings. The number of amides is 1. The SMILES string of the molecule is CN=C(NCc1cccc(OCC(=O)NC2CC2)c1)NCC1(CCOC)CCC1.I. The maximum Gasteiger partial charge on any atom is 0.258 e. The Morgan fingerprint density at radius 1 is 1.27 bits per heavy atom. The summed E-state index contributed by atoms with van der Waals surface area (Å²) in [4.78, 5) is 16.1. The van der Waals surface area contributed by atoms with Crippen LogP contribution >= 0.6 is 24.0 Å². The van der Waals surface area contributed by atoms with Gasteiger partial charge in [0.15, 0.2) is 12.6 Å². The Morgan fingerprint density at radius 2 is 2.07 bits per heavy atom. The van der Waals surface area contributed by atoms with Gasteiger partial charge in [0.25, 0.3) is 5.91 Å². The van der Waals surface area contributed by atoms with Crippen molar-refractivity contribution in [2.24, 2.45) is 10.4 Å². The number of rotatable bonds is 11. The number of guanidine groups is 1. The molecule has 168 valence electrons. The molecule has 1 aromatic rings. The molecule has 30 heavy (non-hydrogen) atoms. The predicted molar refractivity (Wildman–Crippen MR) is 129 cm³/mol. The van der Waals surface area contributed by atoms with E-state index in [-0.39, 0.29) is 36.5 Å². The summed E-state index contributed by atoms with van der Waals surface area (Å²) >= 11 is 0. The molecule has 0 bridgehead atoms. The number of ether oxygens (including phenoxy) is 2. The molecule has 0 heterocycles. The first-order chi connectivity index (χ1) is 14.1. The molecule has 0 unspecified atom stereocenters. The van der Waals surface area contributed by atoms with Crippen LogP contribution in [-0.4, -0.2) is 51.8 Å². The third-order valence-electron chi connectivity index (χ3n) is 5.78. The van der Waals surface area contributed by atoms with E-state index < -0.39 is 0 Å². The van der Waals surface area contributed by atoms with Crippen LogP contribution in [0.15, 0.2) is 29.3 Å². The van der Waals surface area contributed by atoms with E-state index in [9.17, 15) is 4.79 Å². The van der Waals surface area contributed by atoms with Crippen LogP contribution in [-0.2, 0) is 16.1 Å². The molecule has 0 aromatic heterocycles. The fourth-order valence-corrected chi connectivity index (χ4v) is 3.58. The van der Waals surface area contributed by atoms with Gasteiger partial charge in [-0.05, 0) is 55.2 Å². The van der Waals surface area contributed by atoms with Gasteiger partial charge in [-0.15, -0.1) is 24.0 Å². The lowest BCUT2D eigenvalue weighted by molar-refractivity contribution is -0.123. The molecule has 0 aliphatic heterocycles. The third kappa shape index (κ3) is 7.94. The molecular formula is C22H35IN4O3. The van der Waals surface area contributed by atoms with Crippen molar-refractivity contribution in [1.29, 1.82) is 0 Å². The summed E-state index contributed by atoms with van der Waals surface area (Å²) in [6, 6.07) is 8.15. The lowest BCUT2D eigenvalue weighted by Crippen LogP contribution is -2.46. The number of hydrogen-bond donors (Lipinski definition) is 3. The van der Waals surface area contributed by atoms with Crippen molar-refractivity contribution in [2.45, 2.75) is 51.1 Å². The lowest BCUT2D eigenvalue weighted by atomic mass is 9.67. The van der Waals surface area contributed by atoms with Crippen molar-refractivity contribution < 1.29 is 14.3 Å². The van der Waals surface area contributed by atoms with Crippen molar-refractivity contribution in [3.05, 3.63) is 29.8 Å². The van der Waals surface area contributed by atoms with E-state index in [0.717, 1.165) is 43.9 Å². The van der Waals surface area contributed by atoms with E-state index in [4.69, 9.17) is 9.47 Å². The van der Waals surface area contributed by atoms with Crippen molar-refractivity contribution >= 4 is 35.8 Å². The molecule has 0 spiro atoms. The summed E-state index contributed by atoms with van der Waals surface area (Å²) in [5.41, 5.74) is 1.41. The first-order valence-corrected chi connectivity index (χ1v) is 10.6. The van der Waals surface area contributed by atoms with E-state index in [1.807, 2.05) is 24.3 Å². The summed E-state index contributed by atoms with van der Waals surface area (Å²) in [7, 11) is 3.55. The average molecular weight is 530 g/mol. The Balaban J connectivity index is 0.00000320. The van der Waals surface area contributed by atoms with Gasteiger partial charge < -0.3 is 25.4 Å². The number of methoxy groups -OCH3 is 1. The molecule has 0 radical (unpaired) electrons. The van der Waals surface area contributed by atoms with Gasteiger partial charge in [-0.2, -0.15) is 0 Å². The van der Waals surface area contributed by atoms with E-state index >= 15 is 0 Å². The first-order valence-electron chi connectivity index (χ1n) is 10.6. The molecule has 7 nitrogen and oxygen atoms in total. The quantitative estimate of drug-likeness (QED) is 0.233. The van der Waals surface area contributed by atoms with Crippen LogP contribution in [0.3, 0.4) is 0 Å². The highest BCUT2D eigenvalue weighted by atomic mass is 127. The fraction of sp³-hybridized carbons (Fsp3) is 0.636. The van der Waals surface area contributed by atoms with Crippen LogP contribution in [0, 0.1) is 5.41 Å². The van der Waals surface area contributed by atoms with Gasteiger partial charge in [-0.1, -0.05) is 18.6 Å². The minimum absolute atomic E-state index is 0. The minimum atomic E-state index is -0.0565. The average Bonchev–Trinajstić information content (AvgIpc) is 3.51. The van der Waals surface area contributed by atoms with Crippen LogP contribution in [0.5, 0.6) is 5.75 Å². The van der Waals surface area contributed by atoms with E-state index in [2.05, 4.69) is 20.9 Å². The Bertz CT molecular complexity index is 705. The largest absolute Gasteiger partial charge is 0.484 e. The zero-order chi connectivity index (χ0) is 20.5. The van der Waals surface area contributed by atoms with E-state index in [1.165, 1.54) is 19.3 Å². The molecule has 3 rings (SSSR count). The van der Waals surface area contributed by atoms with Crippen molar-refractivity contribution in [2.75, 3.05) is 33.9 Å². The number of nitrogens with one attached hydrogen (secondary N) is 3. The van der Waals surface area contributed by atoms with Gasteiger partial charge >= 0.3 is 0 Å². The molecule has 3 N–H and O–H groups in total. The van der Waals surface area contributed by atoms with Crippen LogP contribution in [0.4, 0.5) is 0 Å². The van der Waals surface area contributed by atoms with Crippen LogP contribution in [0.25, 0.3) is 0 Å². The molecule has 2 aliphatic carbocycles. The highest BCUT2D eigenvalue weighted by Gasteiger charge is 2.36. The maximum atomic E-state index is 11.8. The molecule has 8 heteroatoms. The fourth-order valence-electron chi connectivity index (χ4n) is 3.58. The molecule has 2 saturated carbocycles. The Kier molecular flexibility index (Phi) is 10.2. The van der Waals surface area contributed by atoms with Crippen molar-refractivity contribution in [3.8, 4) is 5.75 Å². The van der Waals surface area contributed by atoms with Crippen molar-refractivity contribution in [3.63, 3.8) is 0 Å². The first kappa shape index (κ1) is 24.7. The highest BCUT2D eigenvalue weighted by Crippen LogP contribution is 2.43. The number of carbonyl (C=O) groups is 1. The maximum absolute atomic E-state index is 11.8. The second-order valence-corrected chi connectivity index (χ2v) is 8.15. The number of hydrogen-bond acceptors (Lipinski definition) is 4.